The molecule has 0 aliphatic heterocycles. The van der Waals surface area contributed by atoms with Crippen molar-refractivity contribution in [3.05, 3.63) is 47.4 Å². The van der Waals surface area contributed by atoms with Crippen LogP contribution >= 0.6 is 0 Å². The molecule has 0 aliphatic rings. The Balaban J connectivity index is 2.21. The van der Waals surface area contributed by atoms with Crippen molar-refractivity contribution < 1.29 is 13.9 Å². The number of hydrogen-bond acceptors (Lipinski definition) is 3. The van der Waals surface area contributed by atoms with Crippen molar-refractivity contribution in [2.45, 2.75) is 20.8 Å². The minimum atomic E-state index is -0.180. The van der Waals surface area contributed by atoms with Gasteiger partial charge >= 0.3 is 0 Å². The number of benzene rings is 1. The third kappa shape index (κ3) is 2.96. The van der Waals surface area contributed by atoms with E-state index in [1.807, 2.05) is 32.9 Å². The molecule has 4 heteroatoms. The van der Waals surface area contributed by atoms with Crippen LogP contribution < -0.4 is 10.1 Å². The van der Waals surface area contributed by atoms with E-state index in [1.165, 1.54) is 12.5 Å². The average Bonchev–Trinajstić information content (AvgIpc) is 2.89. The number of carbonyl (C=O) groups is 1. The molecule has 19 heavy (non-hydrogen) atoms. The molecule has 4 nitrogen and oxygen atoms in total. The summed E-state index contributed by atoms with van der Waals surface area (Å²) in [6.45, 7) is 6.47. The van der Waals surface area contributed by atoms with Gasteiger partial charge in [0.05, 0.1) is 18.4 Å². The maximum atomic E-state index is 11.9. The van der Waals surface area contributed by atoms with Crippen LogP contribution in [0.25, 0.3) is 0 Å². The number of carbonyl (C=O) groups excluding carboxylic acids is 1. The summed E-state index contributed by atoms with van der Waals surface area (Å²) in [6.07, 6.45) is 2.90. The van der Waals surface area contributed by atoms with Gasteiger partial charge in [-0.25, -0.2) is 0 Å². The number of ether oxygens (including phenoxy) is 1. The van der Waals surface area contributed by atoms with Gasteiger partial charge in [-0.2, -0.15) is 0 Å². The lowest BCUT2D eigenvalue weighted by Gasteiger charge is -2.13. The Morgan fingerprint density at radius 2 is 2.11 bits per heavy atom. The normalized spacial score (nSPS) is 10.3. The topological polar surface area (TPSA) is 51.5 Å². The number of rotatable bonds is 4. The summed E-state index contributed by atoms with van der Waals surface area (Å²) in [5, 5.41) is 2.87. The van der Waals surface area contributed by atoms with Gasteiger partial charge in [0.25, 0.3) is 5.91 Å². The fourth-order valence-electron chi connectivity index (χ4n) is 1.82. The molecule has 0 fully saturated rings. The van der Waals surface area contributed by atoms with Crippen LogP contribution in [0.4, 0.5) is 5.69 Å². The molecule has 2 rings (SSSR count). The molecule has 0 saturated carbocycles. The third-order valence-electron chi connectivity index (χ3n) is 2.85. The summed E-state index contributed by atoms with van der Waals surface area (Å²) in [4.78, 5) is 11.9. The van der Waals surface area contributed by atoms with E-state index in [1.54, 1.807) is 6.07 Å². The highest BCUT2D eigenvalue weighted by molar-refractivity contribution is 6.04. The van der Waals surface area contributed by atoms with Gasteiger partial charge in [0, 0.05) is 5.69 Å². The molecule has 0 bridgehead atoms. The Morgan fingerprint density at radius 3 is 2.74 bits per heavy atom. The van der Waals surface area contributed by atoms with Gasteiger partial charge in [0.1, 0.15) is 12.0 Å². The second kappa shape index (κ2) is 5.61. The standard InChI is InChI=1S/C15H17NO3/c1-4-19-14-8-10(2)13(7-11(14)3)16-15(17)12-5-6-18-9-12/h5-9H,4H2,1-3H3,(H,16,17). The Morgan fingerprint density at radius 1 is 1.32 bits per heavy atom. The maximum Gasteiger partial charge on any atom is 0.258 e. The number of aryl methyl sites for hydroxylation is 2. The Hall–Kier alpha value is -2.23. The minimum Gasteiger partial charge on any atom is -0.494 e. The number of anilines is 1. The van der Waals surface area contributed by atoms with Crippen LogP contribution in [0.3, 0.4) is 0 Å². The molecular weight excluding hydrogens is 242 g/mol. The van der Waals surface area contributed by atoms with E-state index in [0.717, 1.165) is 22.6 Å². The van der Waals surface area contributed by atoms with Gasteiger partial charge in [-0.1, -0.05) is 0 Å². The van der Waals surface area contributed by atoms with Crippen molar-refractivity contribution in [2.75, 3.05) is 11.9 Å². The van der Waals surface area contributed by atoms with Crippen LogP contribution in [0.5, 0.6) is 5.75 Å². The fourth-order valence-corrected chi connectivity index (χ4v) is 1.82. The van der Waals surface area contributed by atoms with Crippen LogP contribution in [0.2, 0.25) is 0 Å². The summed E-state index contributed by atoms with van der Waals surface area (Å²) in [6, 6.07) is 5.48. The molecule has 0 aliphatic carbocycles. The summed E-state index contributed by atoms with van der Waals surface area (Å²) in [5.41, 5.74) is 3.25. The van der Waals surface area contributed by atoms with Gasteiger partial charge in [-0.3, -0.25) is 4.79 Å². The van der Waals surface area contributed by atoms with Crippen molar-refractivity contribution in [3.63, 3.8) is 0 Å². The van der Waals surface area contributed by atoms with Crippen molar-refractivity contribution in [3.8, 4) is 5.75 Å². The first-order valence-corrected chi connectivity index (χ1v) is 6.19. The molecule has 1 aromatic carbocycles. The first-order chi connectivity index (χ1) is 9.11. The highest BCUT2D eigenvalue weighted by Gasteiger charge is 2.11. The van der Waals surface area contributed by atoms with Crippen LogP contribution in [-0.4, -0.2) is 12.5 Å². The number of furan rings is 1. The van der Waals surface area contributed by atoms with E-state index in [-0.39, 0.29) is 5.91 Å². The minimum absolute atomic E-state index is 0.180. The highest BCUT2D eigenvalue weighted by Crippen LogP contribution is 2.26. The van der Waals surface area contributed by atoms with Crippen LogP contribution in [0, 0.1) is 13.8 Å². The number of amides is 1. The molecule has 0 radical (unpaired) electrons. The molecule has 1 aromatic heterocycles. The summed E-state index contributed by atoms with van der Waals surface area (Å²) < 4.78 is 10.4. The summed E-state index contributed by atoms with van der Waals surface area (Å²) in [7, 11) is 0. The largest absolute Gasteiger partial charge is 0.494 e. The maximum absolute atomic E-state index is 11.9. The molecule has 2 aromatic rings. The lowest BCUT2D eigenvalue weighted by molar-refractivity contribution is 0.102. The predicted octanol–water partition coefficient (Wildman–Crippen LogP) is 3.55. The van der Waals surface area contributed by atoms with Crippen LogP contribution in [-0.2, 0) is 0 Å². The molecule has 100 valence electrons. The smallest absolute Gasteiger partial charge is 0.258 e. The predicted molar refractivity (Wildman–Crippen MR) is 73.7 cm³/mol. The van der Waals surface area contributed by atoms with E-state index < -0.39 is 0 Å². The lowest BCUT2D eigenvalue weighted by atomic mass is 10.1. The molecule has 0 saturated heterocycles. The van der Waals surface area contributed by atoms with Crippen molar-refractivity contribution in [1.82, 2.24) is 0 Å². The molecule has 0 atom stereocenters. The van der Waals surface area contributed by atoms with E-state index in [0.29, 0.717) is 12.2 Å². The Kier molecular flexibility index (Phi) is 3.90. The zero-order valence-electron chi connectivity index (χ0n) is 11.3. The van der Waals surface area contributed by atoms with Crippen molar-refractivity contribution in [1.29, 1.82) is 0 Å². The van der Waals surface area contributed by atoms with E-state index in [9.17, 15) is 4.79 Å². The van der Waals surface area contributed by atoms with Gasteiger partial charge in [0.2, 0.25) is 0 Å². The fraction of sp³-hybridized carbons (Fsp3) is 0.267. The zero-order chi connectivity index (χ0) is 13.8. The molecule has 0 spiro atoms. The number of nitrogens with one attached hydrogen (secondary N) is 1. The zero-order valence-corrected chi connectivity index (χ0v) is 11.3. The second-order valence-electron chi connectivity index (χ2n) is 4.33. The lowest BCUT2D eigenvalue weighted by Crippen LogP contribution is -2.12. The van der Waals surface area contributed by atoms with Gasteiger partial charge in [-0.05, 0) is 50.1 Å². The first kappa shape index (κ1) is 13.2. The monoisotopic (exact) mass is 259 g/mol. The SMILES string of the molecule is CCOc1cc(C)c(NC(=O)c2ccoc2)cc1C. The van der Waals surface area contributed by atoms with Crippen LogP contribution in [0.15, 0.2) is 35.1 Å². The Bertz CT molecular complexity index is 573. The van der Waals surface area contributed by atoms with E-state index >= 15 is 0 Å². The quantitative estimate of drug-likeness (QED) is 0.913. The van der Waals surface area contributed by atoms with E-state index in [2.05, 4.69) is 5.32 Å². The molecular formula is C15H17NO3. The molecule has 0 unspecified atom stereocenters. The Labute approximate surface area is 112 Å². The number of hydrogen-bond donors (Lipinski definition) is 1. The second-order valence-corrected chi connectivity index (χ2v) is 4.33. The van der Waals surface area contributed by atoms with Crippen molar-refractivity contribution in [2.24, 2.45) is 0 Å². The average molecular weight is 259 g/mol. The van der Waals surface area contributed by atoms with Crippen molar-refractivity contribution >= 4 is 11.6 Å². The van der Waals surface area contributed by atoms with Gasteiger partial charge < -0.3 is 14.5 Å². The van der Waals surface area contributed by atoms with E-state index in [4.69, 9.17) is 9.15 Å². The van der Waals surface area contributed by atoms with Crippen LogP contribution in [0.1, 0.15) is 28.4 Å². The summed E-state index contributed by atoms with van der Waals surface area (Å²) >= 11 is 0. The third-order valence-corrected chi connectivity index (χ3v) is 2.85. The molecule has 1 N–H and O–H groups in total. The summed E-state index contributed by atoms with van der Waals surface area (Å²) in [5.74, 6) is 0.668. The first-order valence-electron chi connectivity index (χ1n) is 6.19. The molecule has 1 amide bonds. The van der Waals surface area contributed by atoms with Gasteiger partial charge in [0.15, 0.2) is 0 Å². The highest BCUT2D eigenvalue weighted by atomic mass is 16.5. The van der Waals surface area contributed by atoms with Gasteiger partial charge in [-0.15, -0.1) is 0 Å². The molecule has 1 heterocycles.